The van der Waals surface area contributed by atoms with Crippen LogP contribution in [-0.2, 0) is 11.3 Å². The van der Waals surface area contributed by atoms with E-state index in [4.69, 9.17) is 9.47 Å². The molecule has 1 unspecified atom stereocenters. The van der Waals surface area contributed by atoms with Gasteiger partial charge in [-0.05, 0) is 30.3 Å². The van der Waals surface area contributed by atoms with Gasteiger partial charge in [0.15, 0.2) is 6.54 Å². The molecule has 2 aromatic carbocycles. The second kappa shape index (κ2) is 9.59. The predicted octanol–water partition coefficient (Wildman–Crippen LogP) is 0.717. The van der Waals surface area contributed by atoms with Crippen LogP contribution >= 0.6 is 0 Å². The first-order valence-corrected chi connectivity index (χ1v) is 8.61. The van der Waals surface area contributed by atoms with E-state index in [9.17, 15) is 9.59 Å². The van der Waals surface area contributed by atoms with E-state index in [-0.39, 0.29) is 18.4 Å². The van der Waals surface area contributed by atoms with Gasteiger partial charge in [-0.3, -0.25) is 9.59 Å². The molecule has 0 saturated carbocycles. The highest BCUT2D eigenvalue weighted by Gasteiger charge is 2.15. The zero-order valence-corrected chi connectivity index (χ0v) is 16.1. The summed E-state index contributed by atoms with van der Waals surface area (Å²) < 4.78 is 10.6. The third-order valence-corrected chi connectivity index (χ3v) is 4.08. The van der Waals surface area contributed by atoms with Crippen LogP contribution in [0.2, 0.25) is 0 Å². The molecule has 7 heteroatoms. The molecule has 0 aromatic heterocycles. The summed E-state index contributed by atoms with van der Waals surface area (Å²) in [4.78, 5) is 25.0. The highest BCUT2D eigenvalue weighted by Crippen LogP contribution is 2.23. The highest BCUT2D eigenvalue weighted by atomic mass is 16.5. The molecule has 0 aliphatic rings. The van der Waals surface area contributed by atoms with Gasteiger partial charge >= 0.3 is 0 Å². The first kappa shape index (κ1) is 20.3. The van der Waals surface area contributed by atoms with Crippen LogP contribution in [0.25, 0.3) is 0 Å². The molecular formula is C20H26N3O4+. The second-order valence-electron chi connectivity index (χ2n) is 6.20. The zero-order valence-electron chi connectivity index (χ0n) is 16.1. The second-order valence-corrected chi connectivity index (χ2v) is 6.20. The van der Waals surface area contributed by atoms with Crippen LogP contribution in [0.1, 0.15) is 15.9 Å². The van der Waals surface area contributed by atoms with E-state index in [1.165, 1.54) is 0 Å². The standard InChI is InChI=1S/C20H25N3O4/c1-21-20(25)14-6-5-7-16(10-14)22-19(24)13-23(2)12-15-8-9-17(26-3)11-18(15)27-4/h5-11H,12-13H2,1-4H3,(H,21,25)(H,22,24)/p+1. The van der Waals surface area contributed by atoms with Crippen LogP contribution in [0.15, 0.2) is 42.5 Å². The van der Waals surface area contributed by atoms with Crippen molar-refractivity contribution in [3.05, 3.63) is 53.6 Å². The number of hydrogen-bond donors (Lipinski definition) is 3. The van der Waals surface area contributed by atoms with Crippen LogP contribution in [-0.4, -0.2) is 46.7 Å². The highest BCUT2D eigenvalue weighted by molar-refractivity contribution is 5.97. The number of benzene rings is 2. The van der Waals surface area contributed by atoms with Crippen molar-refractivity contribution in [1.29, 1.82) is 0 Å². The fourth-order valence-electron chi connectivity index (χ4n) is 2.75. The van der Waals surface area contributed by atoms with Crippen molar-refractivity contribution in [2.24, 2.45) is 0 Å². The van der Waals surface area contributed by atoms with Crippen LogP contribution in [0.3, 0.4) is 0 Å². The van der Waals surface area contributed by atoms with Gasteiger partial charge in [-0.2, -0.15) is 0 Å². The smallest absolute Gasteiger partial charge is 0.279 e. The first-order chi connectivity index (χ1) is 13.0. The maximum Gasteiger partial charge on any atom is 0.279 e. The molecule has 2 aromatic rings. The van der Waals surface area contributed by atoms with E-state index in [1.807, 2.05) is 25.2 Å². The Morgan fingerprint density at radius 2 is 1.85 bits per heavy atom. The third kappa shape index (κ3) is 5.72. The van der Waals surface area contributed by atoms with Crippen LogP contribution in [0, 0.1) is 0 Å². The number of methoxy groups -OCH3 is 2. The summed E-state index contributed by atoms with van der Waals surface area (Å²) in [5.41, 5.74) is 2.08. The molecule has 0 heterocycles. The Labute approximate surface area is 159 Å². The maximum absolute atomic E-state index is 12.3. The Balaban J connectivity index is 1.97. The molecule has 0 saturated heterocycles. The predicted molar refractivity (Wildman–Crippen MR) is 103 cm³/mol. The lowest BCUT2D eigenvalue weighted by Crippen LogP contribution is -3.08. The molecular weight excluding hydrogens is 346 g/mol. The molecule has 27 heavy (non-hydrogen) atoms. The summed E-state index contributed by atoms with van der Waals surface area (Å²) >= 11 is 0. The lowest BCUT2D eigenvalue weighted by molar-refractivity contribution is -0.885. The van der Waals surface area contributed by atoms with Crippen LogP contribution < -0.4 is 25.0 Å². The number of rotatable bonds is 8. The van der Waals surface area contributed by atoms with Gasteiger partial charge in [-0.1, -0.05) is 6.07 Å². The summed E-state index contributed by atoms with van der Waals surface area (Å²) in [6, 6.07) is 12.5. The van der Waals surface area contributed by atoms with Gasteiger partial charge in [0.25, 0.3) is 11.8 Å². The number of ether oxygens (including phenoxy) is 2. The van der Waals surface area contributed by atoms with Gasteiger partial charge in [0.1, 0.15) is 18.0 Å². The summed E-state index contributed by atoms with van der Waals surface area (Å²) in [5, 5.41) is 5.40. The van der Waals surface area contributed by atoms with Gasteiger partial charge in [0.2, 0.25) is 0 Å². The van der Waals surface area contributed by atoms with E-state index in [2.05, 4.69) is 10.6 Å². The zero-order chi connectivity index (χ0) is 19.8. The number of carbonyl (C=O) groups excluding carboxylic acids is 2. The summed E-state index contributed by atoms with van der Waals surface area (Å²) in [7, 11) is 6.72. The Morgan fingerprint density at radius 3 is 2.52 bits per heavy atom. The summed E-state index contributed by atoms with van der Waals surface area (Å²) in [6.45, 7) is 0.901. The fraction of sp³-hybridized carbons (Fsp3) is 0.300. The van der Waals surface area contributed by atoms with E-state index in [1.54, 1.807) is 45.5 Å². The molecule has 0 radical (unpaired) electrons. The number of carbonyl (C=O) groups is 2. The van der Waals surface area contributed by atoms with Crippen LogP contribution in [0.5, 0.6) is 11.5 Å². The number of likely N-dealkylation sites (N-methyl/N-ethyl adjacent to an activating group) is 1. The topological polar surface area (TPSA) is 81.1 Å². The van der Waals surface area contributed by atoms with E-state index < -0.39 is 0 Å². The van der Waals surface area contributed by atoms with E-state index in [0.717, 1.165) is 22.0 Å². The Bertz CT molecular complexity index is 808. The summed E-state index contributed by atoms with van der Waals surface area (Å²) in [5.74, 6) is 1.13. The van der Waals surface area contributed by atoms with Crippen molar-refractivity contribution in [3.63, 3.8) is 0 Å². The lowest BCUT2D eigenvalue weighted by Gasteiger charge is -2.16. The molecule has 7 nitrogen and oxygen atoms in total. The normalized spacial score (nSPS) is 11.4. The van der Waals surface area contributed by atoms with Gasteiger partial charge in [0, 0.05) is 29.9 Å². The van der Waals surface area contributed by atoms with Gasteiger partial charge in [-0.25, -0.2) is 0 Å². The number of anilines is 1. The average molecular weight is 372 g/mol. The van der Waals surface area contributed by atoms with Crippen molar-refractivity contribution < 1.29 is 24.0 Å². The summed E-state index contributed by atoms with van der Waals surface area (Å²) in [6.07, 6.45) is 0. The molecule has 3 N–H and O–H groups in total. The third-order valence-electron chi connectivity index (χ3n) is 4.08. The van der Waals surface area contributed by atoms with Crippen molar-refractivity contribution in [2.75, 3.05) is 40.2 Å². The van der Waals surface area contributed by atoms with Crippen molar-refractivity contribution in [1.82, 2.24) is 5.32 Å². The molecule has 0 aliphatic carbocycles. The van der Waals surface area contributed by atoms with Crippen molar-refractivity contribution in [2.45, 2.75) is 6.54 Å². The van der Waals surface area contributed by atoms with Gasteiger partial charge in [0.05, 0.1) is 21.3 Å². The molecule has 2 amide bonds. The molecule has 0 aliphatic heterocycles. The maximum atomic E-state index is 12.3. The fourth-order valence-corrected chi connectivity index (χ4v) is 2.75. The van der Waals surface area contributed by atoms with Gasteiger partial charge < -0.3 is 25.0 Å². The largest absolute Gasteiger partial charge is 0.497 e. The van der Waals surface area contributed by atoms with Crippen molar-refractivity contribution >= 4 is 17.5 Å². The molecule has 0 bridgehead atoms. The first-order valence-electron chi connectivity index (χ1n) is 8.61. The average Bonchev–Trinajstić information content (AvgIpc) is 2.67. The quantitative estimate of drug-likeness (QED) is 0.638. The molecule has 0 fully saturated rings. The van der Waals surface area contributed by atoms with Gasteiger partial charge in [-0.15, -0.1) is 0 Å². The Morgan fingerprint density at radius 1 is 1.07 bits per heavy atom. The number of nitrogens with one attached hydrogen (secondary N) is 3. The minimum atomic E-state index is -0.194. The molecule has 144 valence electrons. The molecule has 1 atom stereocenters. The van der Waals surface area contributed by atoms with Crippen molar-refractivity contribution in [3.8, 4) is 11.5 Å². The van der Waals surface area contributed by atoms with E-state index >= 15 is 0 Å². The number of amides is 2. The Kier molecular flexibility index (Phi) is 7.19. The van der Waals surface area contributed by atoms with Crippen LogP contribution in [0.4, 0.5) is 5.69 Å². The SMILES string of the molecule is CNC(=O)c1cccc(NC(=O)C[NH+](C)Cc2ccc(OC)cc2OC)c1. The minimum absolute atomic E-state index is 0.131. The Hall–Kier alpha value is -3.06. The van der Waals surface area contributed by atoms with E-state index in [0.29, 0.717) is 17.8 Å². The number of quaternary nitrogens is 1. The molecule has 2 rings (SSSR count). The monoisotopic (exact) mass is 372 g/mol. The lowest BCUT2D eigenvalue weighted by atomic mass is 10.1. The number of hydrogen-bond acceptors (Lipinski definition) is 4. The minimum Gasteiger partial charge on any atom is -0.497 e. The molecule has 0 spiro atoms.